The Labute approximate surface area is 132 Å². The number of carbonyl (C=O) groups excluding carboxylic acids is 1. The van der Waals surface area contributed by atoms with Gasteiger partial charge in [0.25, 0.3) is 5.91 Å². The minimum Gasteiger partial charge on any atom is -0.390 e. The molecular formula is C14H16FN3O4S. The summed E-state index contributed by atoms with van der Waals surface area (Å²) >= 11 is 0. The molecule has 2 heterocycles. The molecule has 0 spiro atoms. The number of benzene rings is 1. The number of hydrogen-bond donors (Lipinski definition) is 3. The van der Waals surface area contributed by atoms with Gasteiger partial charge in [-0.1, -0.05) is 0 Å². The van der Waals surface area contributed by atoms with Crippen LogP contribution in [-0.4, -0.2) is 60.8 Å². The van der Waals surface area contributed by atoms with Gasteiger partial charge in [-0.05, 0) is 24.3 Å². The third-order valence-corrected chi connectivity index (χ3v) is 4.49. The number of fused-ring (bicyclic) bond motifs is 1. The highest BCUT2D eigenvalue weighted by atomic mass is 32.2. The van der Waals surface area contributed by atoms with Crippen molar-refractivity contribution in [2.75, 3.05) is 19.3 Å². The van der Waals surface area contributed by atoms with Crippen molar-refractivity contribution in [1.29, 1.82) is 0 Å². The van der Waals surface area contributed by atoms with Crippen molar-refractivity contribution in [2.24, 2.45) is 0 Å². The maximum absolute atomic E-state index is 13.2. The molecule has 1 aliphatic rings. The number of aromatic amines is 1. The van der Waals surface area contributed by atoms with Crippen LogP contribution >= 0.6 is 0 Å². The first-order valence-corrected chi connectivity index (χ1v) is 8.85. The van der Waals surface area contributed by atoms with Crippen LogP contribution in [0.2, 0.25) is 0 Å². The van der Waals surface area contributed by atoms with Gasteiger partial charge >= 0.3 is 0 Å². The Bertz CT molecular complexity index is 864. The van der Waals surface area contributed by atoms with Crippen LogP contribution in [0.5, 0.6) is 0 Å². The van der Waals surface area contributed by atoms with Crippen molar-refractivity contribution < 1.29 is 22.7 Å². The van der Waals surface area contributed by atoms with E-state index in [9.17, 15) is 22.7 Å². The van der Waals surface area contributed by atoms with E-state index in [2.05, 4.69) is 9.71 Å². The number of nitrogens with zero attached hydrogens (tertiary/aromatic N) is 1. The van der Waals surface area contributed by atoms with Crippen LogP contribution in [0.4, 0.5) is 4.39 Å². The number of aromatic nitrogens is 1. The maximum atomic E-state index is 13.2. The average Bonchev–Trinajstić information content (AvgIpc) is 3.00. The number of hydrogen-bond acceptors (Lipinski definition) is 4. The van der Waals surface area contributed by atoms with Gasteiger partial charge in [0.2, 0.25) is 10.0 Å². The molecule has 0 radical (unpaired) electrons. The molecule has 3 rings (SSSR count). The fourth-order valence-corrected chi connectivity index (χ4v) is 3.51. The first-order valence-electron chi connectivity index (χ1n) is 6.96. The second-order valence-electron chi connectivity index (χ2n) is 5.69. The molecule has 3 N–H and O–H groups in total. The van der Waals surface area contributed by atoms with E-state index in [1.54, 1.807) is 0 Å². The molecule has 1 aromatic heterocycles. The number of aliphatic hydroxyl groups is 1. The summed E-state index contributed by atoms with van der Waals surface area (Å²) in [6.07, 6.45) is 0.0201. The molecule has 124 valence electrons. The molecule has 1 fully saturated rings. The number of nitrogens with one attached hydrogen (secondary N) is 2. The highest BCUT2D eigenvalue weighted by Gasteiger charge is 2.36. The Morgan fingerprint density at radius 1 is 1.39 bits per heavy atom. The second-order valence-corrected chi connectivity index (χ2v) is 7.47. The van der Waals surface area contributed by atoms with E-state index in [1.165, 1.54) is 29.2 Å². The van der Waals surface area contributed by atoms with Crippen LogP contribution in [0.15, 0.2) is 24.3 Å². The lowest BCUT2D eigenvalue weighted by molar-refractivity contribution is 0.0760. The van der Waals surface area contributed by atoms with E-state index < -0.39 is 28.0 Å². The highest BCUT2D eigenvalue weighted by Crippen LogP contribution is 2.20. The maximum Gasteiger partial charge on any atom is 0.270 e. The second kappa shape index (κ2) is 5.59. The van der Waals surface area contributed by atoms with Crippen molar-refractivity contribution >= 4 is 26.8 Å². The molecule has 7 nitrogen and oxygen atoms in total. The summed E-state index contributed by atoms with van der Waals surface area (Å²) in [5.41, 5.74) is 0.887. The van der Waals surface area contributed by atoms with E-state index >= 15 is 0 Å². The van der Waals surface area contributed by atoms with Gasteiger partial charge in [-0.15, -0.1) is 0 Å². The smallest absolute Gasteiger partial charge is 0.270 e. The molecule has 1 amide bonds. The van der Waals surface area contributed by atoms with Crippen molar-refractivity contribution in [3.8, 4) is 0 Å². The van der Waals surface area contributed by atoms with Crippen LogP contribution in [0.25, 0.3) is 10.9 Å². The largest absolute Gasteiger partial charge is 0.390 e. The summed E-state index contributed by atoms with van der Waals surface area (Å²) in [7, 11) is -3.48. The van der Waals surface area contributed by atoms with Crippen molar-refractivity contribution in [2.45, 2.75) is 12.1 Å². The highest BCUT2D eigenvalue weighted by molar-refractivity contribution is 7.88. The summed E-state index contributed by atoms with van der Waals surface area (Å²) < 4.78 is 38.0. The fraction of sp³-hybridized carbons (Fsp3) is 0.357. The summed E-state index contributed by atoms with van der Waals surface area (Å²) in [6.45, 7) is 0.0898. The van der Waals surface area contributed by atoms with Crippen LogP contribution in [-0.2, 0) is 10.0 Å². The van der Waals surface area contributed by atoms with Gasteiger partial charge in [0, 0.05) is 24.0 Å². The molecule has 1 aromatic carbocycles. The Morgan fingerprint density at radius 3 is 2.83 bits per heavy atom. The number of amides is 1. The normalized spacial score (nSPS) is 22.0. The average molecular weight is 341 g/mol. The molecule has 9 heteroatoms. The van der Waals surface area contributed by atoms with E-state index in [1.807, 2.05) is 0 Å². The minimum atomic E-state index is -3.48. The lowest BCUT2D eigenvalue weighted by atomic mass is 10.2. The number of sulfonamides is 1. The number of carbonyl (C=O) groups is 1. The molecule has 23 heavy (non-hydrogen) atoms. The first-order chi connectivity index (χ1) is 10.7. The molecule has 0 saturated carbocycles. The Morgan fingerprint density at radius 2 is 2.13 bits per heavy atom. The van der Waals surface area contributed by atoms with Crippen molar-refractivity contribution in [3.05, 3.63) is 35.8 Å². The standard InChI is InChI=1S/C14H16FN3O4S/c1-23(21,22)17-12-6-18(7-13(12)19)14(20)11-5-8-4-9(15)2-3-10(8)16-11/h2-5,12-13,16-17,19H,6-7H2,1H3/t12-,13-/m1/s1. The van der Waals surface area contributed by atoms with Gasteiger partial charge in [-0.2, -0.15) is 0 Å². The van der Waals surface area contributed by atoms with Gasteiger partial charge in [-0.3, -0.25) is 4.79 Å². The fourth-order valence-electron chi connectivity index (χ4n) is 2.73. The number of aliphatic hydroxyl groups excluding tert-OH is 1. The molecule has 2 atom stereocenters. The Hall–Kier alpha value is -1.97. The third-order valence-electron chi connectivity index (χ3n) is 3.75. The lowest BCUT2D eigenvalue weighted by Gasteiger charge is -2.15. The molecule has 0 aliphatic carbocycles. The van der Waals surface area contributed by atoms with E-state index in [0.717, 1.165) is 6.26 Å². The van der Waals surface area contributed by atoms with Crippen LogP contribution < -0.4 is 4.72 Å². The first kappa shape index (κ1) is 15.9. The van der Waals surface area contributed by atoms with Crippen LogP contribution in [0.1, 0.15) is 10.5 Å². The number of likely N-dealkylation sites (tertiary alicyclic amines) is 1. The van der Waals surface area contributed by atoms with Crippen molar-refractivity contribution in [1.82, 2.24) is 14.6 Å². The van der Waals surface area contributed by atoms with Gasteiger partial charge in [0.1, 0.15) is 11.5 Å². The zero-order chi connectivity index (χ0) is 16.8. The number of halogens is 1. The SMILES string of the molecule is CS(=O)(=O)N[C@@H]1CN(C(=O)c2cc3cc(F)ccc3[nH]2)C[C@H]1O. The predicted molar refractivity (Wildman–Crippen MR) is 81.9 cm³/mol. The molecular weight excluding hydrogens is 325 g/mol. The third kappa shape index (κ3) is 3.36. The Balaban J connectivity index is 1.80. The van der Waals surface area contributed by atoms with Gasteiger partial charge < -0.3 is 15.0 Å². The monoisotopic (exact) mass is 341 g/mol. The van der Waals surface area contributed by atoms with Gasteiger partial charge in [-0.25, -0.2) is 17.5 Å². The van der Waals surface area contributed by atoms with Gasteiger partial charge in [0.15, 0.2) is 0 Å². The van der Waals surface area contributed by atoms with Crippen LogP contribution in [0, 0.1) is 5.82 Å². The van der Waals surface area contributed by atoms with E-state index in [-0.39, 0.29) is 24.7 Å². The molecule has 1 aliphatic heterocycles. The summed E-state index contributed by atoms with van der Waals surface area (Å²) in [4.78, 5) is 16.7. The zero-order valence-electron chi connectivity index (χ0n) is 12.3. The number of H-pyrrole nitrogens is 1. The lowest BCUT2D eigenvalue weighted by Crippen LogP contribution is -2.42. The van der Waals surface area contributed by atoms with E-state index in [0.29, 0.717) is 10.9 Å². The molecule has 1 saturated heterocycles. The Kier molecular flexibility index (Phi) is 3.86. The van der Waals surface area contributed by atoms with Crippen molar-refractivity contribution in [3.63, 3.8) is 0 Å². The summed E-state index contributed by atoms with van der Waals surface area (Å²) in [5.74, 6) is -0.775. The number of rotatable bonds is 3. The van der Waals surface area contributed by atoms with E-state index in [4.69, 9.17) is 0 Å². The minimum absolute atomic E-state index is 0.0236. The van der Waals surface area contributed by atoms with Crippen LogP contribution in [0.3, 0.4) is 0 Å². The summed E-state index contributed by atoms with van der Waals surface area (Å²) in [6, 6.07) is 4.93. The topological polar surface area (TPSA) is 103 Å². The summed E-state index contributed by atoms with van der Waals surface area (Å²) in [5, 5.41) is 10.5. The predicted octanol–water partition coefficient (Wildman–Crippen LogP) is 0.0415. The number of β-amino-alcohol motifs (C(OH)–C–C–N with tert-alkyl or cyclic N) is 1. The quantitative estimate of drug-likeness (QED) is 0.733. The molecule has 0 bridgehead atoms. The zero-order valence-corrected chi connectivity index (χ0v) is 13.1. The van der Waals surface area contributed by atoms with Gasteiger partial charge in [0.05, 0.1) is 18.4 Å². The molecule has 2 aromatic rings. The molecule has 0 unspecified atom stereocenters.